The van der Waals surface area contributed by atoms with Crippen molar-refractivity contribution in [3.05, 3.63) is 29.8 Å². The van der Waals surface area contributed by atoms with Crippen LogP contribution >= 0.6 is 0 Å². The summed E-state index contributed by atoms with van der Waals surface area (Å²) in [6, 6.07) is 7.47. The fourth-order valence-corrected chi connectivity index (χ4v) is 4.69. The molecule has 3 heterocycles. The van der Waals surface area contributed by atoms with Crippen molar-refractivity contribution in [3.8, 4) is 5.75 Å². The molecule has 3 fully saturated rings. The molecule has 1 spiro atoms. The molecular formula is C21H30N4O4. The van der Waals surface area contributed by atoms with Gasteiger partial charge in [0.25, 0.3) is 5.91 Å². The molecule has 3 aliphatic heterocycles. The van der Waals surface area contributed by atoms with Gasteiger partial charge >= 0.3 is 6.03 Å². The van der Waals surface area contributed by atoms with E-state index in [2.05, 4.69) is 10.2 Å². The van der Waals surface area contributed by atoms with E-state index in [0.717, 1.165) is 12.3 Å². The summed E-state index contributed by atoms with van der Waals surface area (Å²) in [6.45, 7) is 8.61. The van der Waals surface area contributed by atoms with Crippen LogP contribution in [0, 0.1) is 0 Å². The van der Waals surface area contributed by atoms with Gasteiger partial charge in [0.1, 0.15) is 5.75 Å². The molecule has 158 valence electrons. The number of likely N-dealkylation sites (tertiary alicyclic amines) is 1. The molecule has 29 heavy (non-hydrogen) atoms. The summed E-state index contributed by atoms with van der Waals surface area (Å²) < 4.78 is 10.9. The molecule has 8 heteroatoms. The Morgan fingerprint density at radius 2 is 1.86 bits per heavy atom. The number of benzene rings is 1. The van der Waals surface area contributed by atoms with Gasteiger partial charge in [-0.2, -0.15) is 0 Å². The van der Waals surface area contributed by atoms with E-state index in [1.54, 1.807) is 19.2 Å². The number of carbonyl (C=O) groups is 2. The topological polar surface area (TPSA) is 74.3 Å². The van der Waals surface area contributed by atoms with E-state index < -0.39 is 0 Å². The van der Waals surface area contributed by atoms with Crippen LogP contribution in [0.2, 0.25) is 0 Å². The van der Waals surface area contributed by atoms with Crippen molar-refractivity contribution in [2.75, 3.05) is 53.0 Å². The van der Waals surface area contributed by atoms with Gasteiger partial charge in [0.2, 0.25) is 0 Å². The number of rotatable bonds is 3. The number of nitrogens with one attached hydrogen (secondary N) is 1. The Balaban J connectivity index is 1.50. The number of carbonyl (C=O) groups excluding carboxylic acids is 2. The number of amides is 3. The van der Waals surface area contributed by atoms with Gasteiger partial charge in [-0.1, -0.05) is 0 Å². The van der Waals surface area contributed by atoms with E-state index in [1.165, 1.54) is 0 Å². The summed E-state index contributed by atoms with van der Waals surface area (Å²) in [6.07, 6.45) is 0. The van der Waals surface area contributed by atoms with E-state index in [-0.39, 0.29) is 29.6 Å². The predicted molar refractivity (Wildman–Crippen MR) is 108 cm³/mol. The zero-order valence-corrected chi connectivity index (χ0v) is 17.4. The Hall–Kier alpha value is -2.32. The second-order valence-electron chi connectivity index (χ2n) is 8.52. The lowest BCUT2D eigenvalue weighted by atomic mass is 9.82. The van der Waals surface area contributed by atoms with Gasteiger partial charge in [-0.3, -0.25) is 9.69 Å². The minimum absolute atomic E-state index is 0.0160. The fraction of sp³-hybridized carbons (Fsp3) is 0.619. The van der Waals surface area contributed by atoms with Gasteiger partial charge in [0.05, 0.1) is 31.9 Å². The van der Waals surface area contributed by atoms with E-state index in [0.29, 0.717) is 45.0 Å². The number of urea groups is 1. The number of ether oxygens (including phenoxy) is 2. The summed E-state index contributed by atoms with van der Waals surface area (Å²) in [5.74, 6) is 0.747. The Bertz CT molecular complexity index is 760. The first-order valence-corrected chi connectivity index (χ1v) is 10.3. The van der Waals surface area contributed by atoms with Crippen LogP contribution < -0.4 is 10.1 Å². The van der Waals surface area contributed by atoms with Gasteiger partial charge in [-0.25, -0.2) is 4.79 Å². The number of piperazine rings is 1. The molecule has 1 aromatic carbocycles. The van der Waals surface area contributed by atoms with Gasteiger partial charge in [0, 0.05) is 44.3 Å². The van der Waals surface area contributed by atoms with Crippen LogP contribution in [-0.4, -0.2) is 97.3 Å². The molecule has 3 saturated heterocycles. The maximum absolute atomic E-state index is 13.2. The van der Waals surface area contributed by atoms with Crippen LogP contribution in [-0.2, 0) is 4.74 Å². The number of morpholine rings is 1. The zero-order valence-electron chi connectivity index (χ0n) is 17.4. The highest BCUT2D eigenvalue weighted by Gasteiger charge is 2.56. The third kappa shape index (κ3) is 3.79. The predicted octanol–water partition coefficient (Wildman–Crippen LogP) is 1.02. The number of fused-ring (bicyclic) bond motifs is 2. The number of nitrogens with zero attached hydrogens (tertiary/aromatic N) is 3. The molecule has 0 aliphatic carbocycles. The van der Waals surface area contributed by atoms with Gasteiger partial charge in [-0.15, -0.1) is 0 Å². The Kier molecular flexibility index (Phi) is 5.40. The lowest BCUT2D eigenvalue weighted by Gasteiger charge is -2.63. The molecule has 0 bridgehead atoms. The number of hydrogen-bond acceptors (Lipinski definition) is 5. The summed E-state index contributed by atoms with van der Waals surface area (Å²) in [4.78, 5) is 31.8. The highest BCUT2D eigenvalue weighted by molar-refractivity contribution is 5.94. The average molecular weight is 402 g/mol. The summed E-state index contributed by atoms with van der Waals surface area (Å²) >= 11 is 0. The molecule has 0 radical (unpaired) electrons. The largest absolute Gasteiger partial charge is 0.497 e. The van der Waals surface area contributed by atoms with Gasteiger partial charge < -0.3 is 24.6 Å². The third-order valence-corrected chi connectivity index (χ3v) is 6.05. The Morgan fingerprint density at radius 3 is 2.52 bits per heavy atom. The van der Waals surface area contributed by atoms with Crippen LogP contribution in [0.4, 0.5) is 4.79 Å². The van der Waals surface area contributed by atoms with Crippen LogP contribution in [0.15, 0.2) is 24.3 Å². The summed E-state index contributed by atoms with van der Waals surface area (Å²) in [7, 11) is 1.61. The monoisotopic (exact) mass is 402 g/mol. The molecule has 0 unspecified atom stereocenters. The highest BCUT2D eigenvalue weighted by Crippen LogP contribution is 2.36. The summed E-state index contributed by atoms with van der Waals surface area (Å²) in [5.41, 5.74) is 0.461. The first-order chi connectivity index (χ1) is 13.9. The first kappa shape index (κ1) is 20.0. The minimum atomic E-state index is -0.191. The molecule has 1 atom stereocenters. The van der Waals surface area contributed by atoms with E-state index >= 15 is 0 Å². The lowest BCUT2D eigenvalue weighted by molar-refractivity contribution is -0.147. The zero-order chi connectivity index (χ0) is 20.6. The Labute approximate surface area is 171 Å². The quantitative estimate of drug-likeness (QED) is 0.817. The molecule has 1 N–H and O–H groups in total. The van der Waals surface area contributed by atoms with E-state index in [4.69, 9.17) is 9.47 Å². The maximum atomic E-state index is 13.2. The first-order valence-electron chi connectivity index (χ1n) is 10.3. The van der Waals surface area contributed by atoms with Crippen molar-refractivity contribution in [1.29, 1.82) is 0 Å². The van der Waals surface area contributed by atoms with Crippen molar-refractivity contribution in [1.82, 2.24) is 20.0 Å². The standard InChI is InChI=1S/C21H30N4O4/c1-15(2)22-20(27)24-13-21(14-24)12-23(10-17-11-29-9-8-25(17)21)19(26)16-4-6-18(28-3)7-5-16/h4-7,15,17H,8-14H2,1-3H3,(H,22,27)/t17-/m1/s1. The minimum Gasteiger partial charge on any atom is -0.497 e. The molecule has 0 aromatic heterocycles. The molecule has 3 amide bonds. The maximum Gasteiger partial charge on any atom is 0.317 e. The highest BCUT2D eigenvalue weighted by atomic mass is 16.5. The second kappa shape index (κ2) is 7.84. The lowest BCUT2D eigenvalue weighted by Crippen LogP contribution is -2.82. The summed E-state index contributed by atoms with van der Waals surface area (Å²) in [5, 5.41) is 2.96. The fourth-order valence-electron chi connectivity index (χ4n) is 4.69. The number of methoxy groups -OCH3 is 1. The molecule has 3 aliphatic rings. The van der Waals surface area contributed by atoms with Crippen molar-refractivity contribution in [2.24, 2.45) is 0 Å². The number of hydrogen-bond donors (Lipinski definition) is 1. The normalized spacial score (nSPS) is 23.5. The van der Waals surface area contributed by atoms with Crippen molar-refractivity contribution in [2.45, 2.75) is 31.5 Å². The Morgan fingerprint density at radius 1 is 1.17 bits per heavy atom. The van der Waals surface area contributed by atoms with Crippen molar-refractivity contribution >= 4 is 11.9 Å². The molecular weight excluding hydrogens is 372 g/mol. The molecule has 1 aromatic rings. The van der Waals surface area contributed by atoms with Crippen molar-refractivity contribution in [3.63, 3.8) is 0 Å². The van der Waals surface area contributed by atoms with Gasteiger partial charge in [-0.05, 0) is 38.1 Å². The SMILES string of the molecule is COc1ccc(C(=O)N2C[C@@H]3COCCN3C3(CN(C(=O)NC(C)C)C3)C2)cc1. The average Bonchev–Trinajstić information content (AvgIpc) is 2.70. The van der Waals surface area contributed by atoms with Crippen LogP contribution in [0.25, 0.3) is 0 Å². The van der Waals surface area contributed by atoms with E-state index in [1.807, 2.05) is 35.8 Å². The molecule has 4 rings (SSSR count). The third-order valence-electron chi connectivity index (χ3n) is 6.05. The molecule has 0 saturated carbocycles. The van der Waals surface area contributed by atoms with Crippen molar-refractivity contribution < 1.29 is 19.1 Å². The van der Waals surface area contributed by atoms with Gasteiger partial charge in [0.15, 0.2) is 0 Å². The van der Waals surface area contributed by atoms with E-state index in [9.17, 15) is 9.59 Å². The van der Waals surface area contributed by atoms with Crippen LogP contribution in [0.1, 0.15) is 24.2 Å². The second-order valence-corrected chi connectivity index (χ2v) is 8.52. The molecule has 8 nitrogen and oxygen atoms in total. The van der Waals surface area contributed by atoms with Crippen LogP contribution in [0.5, 0.6) is 5.75 Å². The smallest absolute Gasteiger partial charge is 0.317 e. The van der Waals surface area contributed by atoms with Crippen LogP contribution in [0.3, 0.4) is 0 Å².